The number of nitriles is 1. The van der Waals surface area contributed by atoms with Crippen LogP contribution in [0, 0.1) is 11.3 Å². The number of nitrogens with zero attached hydrogens (tertiary/aromatic N) is 3. The Bertz CT molecular complexity index is 1100. The number of para-hydroxylation sites is 1. The molecule has 0 unspecified atom stereocenters. The topological polar surface area (TPSA) is 68.8 Å². The van der Waals surface area contributed by atoms with Gasteiger partial charge in [-0.1, -0.05) is 36.4 Å². The number of hydrogen-bond acceptors (Lipinski definition) is 6. The molecule has 1 aliphatic rings. The summed E-state index contributed by atoms with van der Waals surface area (Å²) in [5.74, 6) is 0.501. The third-order valence-electron chi connectivity index (χ3n) is 5.13. The van der Waals surface area contributed by atoms with E-state index in [-0.39, 0.29) is 5.75 Å². The molecule has 152 valence electrons. The smallest absolute Gasteiger partial charge is 0.166 e. The molecule has 2 aromatic carbocycles. The van der Waals surface area contributed by atoms with Gasteiger partial charge in [0.1, 0.15) is 11.1 Å². The van der Waals surface area contributed by atoms with Crippen LogP contribution in [0.4, 0.5) is 5.00 Å². The van der Waals surface area contributed by atoms with Crippen molar-refractivity contribution in [3.8, 4) is 17.6 Å². The second kappa shape index (κ2) is 9.12. The Hall–Kier alpha value is -3.14. The van der Waals surface area contributed by atoms with Crippen LogP contribution < -0.4 is 4.74 Å². The zero-order chi connectivity index (χ0) is 20.9. The minimum atomic E-state index is 0.0666. The van der Waals surface area contributed by atoms with Gasteiger partial charge in [0.2, 0.25) is 0 Å². The van der Waals surface area contributed by atoms with E-state index in [9.17, 15) is 10.4 Å². The Morgan fingerprint density at radius 1 is 1.23 bits per heavy atom. The molecule has 5 nitrogen and oxygen atoms in total. The predicted octanol–water partition coefficient (Wildman–Crippen LogP) is 5.03. The lowest BCUT2D eigenvalue weighted by Gasteiger charge is -2.26. The first kappa shape index (κ1) is 20.1. The largest absolute Gasteiger partial charge is 0.504 e. The van der Waals surface area contributed by atoms with Crippen molar-refractivity contribution >= 4 is 22.6 Å². The molecule has 0 bridgehead atoms. The summed E-state index contributed by atoms with van der Waals surface area (Å²) >= 11 is 1.57. The van der Waals surface area contributed by atoms with E-state index in [2.05, 4.69) is 40.2 Å². The molecule has 1 N–H and O–H groups in total. The molecule has 0 atom stereocenters. The SMILES string of the molecule is CCOc1cccc(C=Nc2sc3c(c2C#N)CCN(Cc2ccccc2)C3)c1O. The van der Waals surface area contributed by atoms with Crippen LogP contribution >= 0.6 is 11.3 Å². The van der Waals surface area contributed by atoms with E-state index in [0.29, 0.717) is 28.5 Å². The van der Waals surface area contributed by atoms with Gasteiger partial charge in [0.25, 0.3) is 0 Å². The Morgan fingerprint density at radius 3 is 2.83 bits per heavy atom. The third-order valence-corrected chi connectivity index (χ3v) is 6.25. The van der Waals surface area contributed by atoms with Crippen molar-refractivity contribution in [1.29, 1.82) is 5.26 Å². The lowest BCUT2D eigenvalue weighted by molar-refractivity contribution is 0.249. The Labute approximate surface area is 180 Å². The van der Waals surface area contributed by atoms with Crippen molar-refractivity contribution in [2.24, 2.45) is 4.99 Å². The van der Waals surface area contributed by atoms with Crippen LogP contribution in [0.2, 0.25) is 0 Å². The minimum Gasteiger partial charge on any atom is -0.504 e. The lowest BCUT2D eigenvalue weighted by atomic mass is 10.0. The summed E-state index contributed by atoms with van der Waals surface area (Å²) in [7, 11) is 0. The monoisotopic (exact) mass is 417 g/mol. The number of ether oxygens (including phenoxy) is 1. The molecule has 0 spiro atoms. The number of benzene rings is 2. The highest BCUT2D eigenvalue weighted by molar-refractivity contribution is 7.16. The molecule has 0 radical (unpaired) electrons. The fourth-order valence-electron chi connectivity index (χ4n) is 3.67. The Kier molecular flexibility index (Phi) is 6.12. The van der Waals surface area contributed by atoms with Crippen molar-refractivity contribution in [3.63, 3.8) is 0 Å². The van der Waals surface area contributed by atoms with Crippen molar-refractivity contribution in [2.75, 3.05) is 13.2 Å². The first-order chi connectivity index (χ1) is 14.7. The number of rotatable bonds is 6. The van der Waals surface area contributed by atoms with E-state index in [4.69, 9.17) is 4.74 Å². The molecule has 0 saturated carbocycles. The molecule has 0 fully saturated rings. The highest BCUT2D eigenvalue weighted by Gasteiger charge is 2.24. The van der Waals surface area contributed by atoms with Gasteiger partial charge in [0.15, 0.2) is 11.5 Å². The molecule has 6 heteroatoms. The second-order valence-corrected chi connectivity index (χ2v) is 8.21. The Balaban J connectivity index is 1.56. The van der Waals surface area contributed by atoms with Gasteiger partial charge in [0, 0.05) is 36.3 Å². The summed E-state index contributed by atoms with van der Waals surface area (Å²) < 4.78 is 5.43. The first-order valence-corrected chi connectivity index (χ1v) is 10.8. The molecule has 30 heavy (non-hydrogen) atoms. The number of phenols is 1. The van der Waals surface area contributed by atoms with Crippen molar-refractivity contribution in [3.05, 3.63) is 75.7 Å². The fraction of sp³-hybridized carbons (Fsp3) is 0.250. The zero-order valence-electron chi connectivity index (χ0n) is 16.8. The van der Waals surface area contributed by atoms with Gasteiger partial charge in [-0.3, -0.25) is 4.90 Å². The normalized spacial score (nSPS) is 13.9. The number of aromatic hydroxyl groups is 1. The van der Waals surface area contributed by atoms with Crippen molar-refractivity contribution in [1.82, 2.24) is 4.90 Å². The van der Waals surface area contributed by atoms with Crippen LogP contribution in [0.5, 0.6) is 11.5 Å². The number of aliphatic imine (C=N–C) groups is 1. The maximum atomic E-state index is 10.4. The van der Waals surface area contributed by atoms with Gasteiger partial charge in [-0.2, -0.15) is 5.26 Å². The molecule has 1 aromatic heterocycles. The predicted molar refractivity (Wildman–Crippen MR) is 120 cm³/mol. The fourth-order valence-corrected chi connectivity index (χ4v) is 4.85. The van der Waals surface area contributed by atoms with Crippen LogP contribution in [-0.4, -0.2) is 29.4 Å². The van der Waals surface area contributed by atoms with Crippen LogP contribution in [0.3, 0.4) is 0 Å². The van der Waals surface area contributed by atoms with Crippen LogP contribution in [0.25, 0.3) is 0 Å². The van der Waals surface area contributed by atoms with Crippen LogP contribution in [0.1, 0.15) is 34.1 Å². The number of thiophene rings is 1. The minimum absolute atomic E-state index is 0.0666. The summed E-state index contributed by atoms with van der Waals surface area (Å²) in [5, 5.41) is 20.8. The van der Waals surface area contributed by atoms with E-state index >= 15 is 0 Å². The molecule has 3 aromatic rings. The van der Waals surface area contributed by atoms with E-state index in [0.717, 1.165) is 31.6 Å². The molecular weight excluding hydrogens is 394 g/mol. The number of phenolic OH excluding ortho intramolecular Hbond substituents is 1. The van der Waals surface area contributed by atoms with E-state index in [1.807, 2.05) is 19.1 Å². The number of fused-ring (bicyclic) bond motifs is 1. The quantitative estimate of drug-likeness (QED) is 0.571. The van der Waals surface area contributed by atoms with E-state index < -0.39 is 0 Å². The maximum absolute atomic E-state index is 10.4. The van der Waals surface area contributed by atoms with Crippen LogP contribution in [0.15, 0.2) is 53.5 Å². The van der Waals surface area contributed by atoms with Crippen molar-refractivity contribution in [2.45, 2.75) is 26.4 Å². The average molecular weight is 418 g/mol. The summed E-state index contributed by atoms with van der Waals surface area (Å²) in [4.78, 5) is 8.17. The van der Waals surface area contributed by atoms with Gasteiger partial charge >= 0.3 is 0 Å². The van der Waals surface area contributed by atoms with Crippen LogP contribution in [-0.2, 0) is 19.5 Å². The van der Waals surface area contributed by atoms with Gasteiger partial charge in [-0.25, -0.2) is 4.99 Å². The van der Waals surface area contributed by atoms with Gasteiger partial charge in [-0.15, -0.1) is 11.3 Å². The molecule has 0 amide bonds. The van der Waals surface area contributed by atoms with Gasteiger partial charge < -0.3 is 9.84 Å². The third kappa shape index (κ3) is 4.23. The molecule has 0 aliphatic carbocycles. The number of hydrogen-bond donors (Lipinski definition) is 1. The molecule has 0 saturated heterocycles. The Morgan fingerprint density at radius 2 is 2.07 bits per heavy atom. The average Bonchev–Trinajstić information content (AvgIpc) is 3.12. The molecule has 1 aliphatic heterocycles. The summed E-state index contributed by atoms with van der Waals surface area (Å²) in [6.45, 7) is 5.00. The first-order valence-electron chi connectivity index (χ1n) is 9.99. The highest BCUT2D eigenvalue weighted by atomic mass is 32.1. The summed E-state index contributed by atoms with van der Waals surface area (Å²) in [5.41, 5.74) is 3.64. The van der Waals surface area contributed by atoms with Gasteiger partial charge in [-0.05, 0) is 36.6 Å². The standard InChI is InChI=1S/C24H23N3O2S/c1-2-29-21-10-6-9-18(23(21)28)14-26-24-20(13-25)19-11-12-27(16-22(19)30-24)15-17-7-4-3-5-8-17/h3-10,14,28H,2,11-12,15-16H2,1H3. The molecule has 4 rings (SSSR count). The van der Waals surface area contributed by atoms with Gasteiger partial charge in [0.05, 0.1) is 12.2 Å². The lowest BCUT2D eigenvalue weighted by Crippen LogP contribution is -2.29. The summed E-state index contributed by atoms with van der Waals surface area (Å²) in [6.07, 6.45) is 2.46. The molecular formula is C24H23N3O2S. The molecule has 2 heterocycles. The van der Waals surface area contributed by atoms with E-state index in [1.165, 1.54) is 10.4 Å². The highest BCUT2D eigenvalue weighted by Crippen LogP contribution is 2.39. The van der Waals surface area contributed by atoms with E-state index in [1.54, 1.807) is 29.7 Å². The zero-order valence-corrected chi connectivity index (χ0v) is 17.7. The summed E-state index contributed by atoms with van der Waals surface area (Å²) in [6, 6.07) is 18.1. The maximum Gasteiger partial charge on any atom is 0.166 e. The second-order valence-electron chi connectivity index (χ2n) is 7.13. The van der Waals surface area contributed by atoms with Crippen molar-refractivity contribution < 1.29 is 9.84 Å².